The molecule has 0 aliphatic heterocycles. The predicted molar refractivity (Wildman–Crippen MR) is 66.0 cm³/mol. The van der Waals surface area contributed by atoms with E-state index in [0.29, 0.717) is 11.5 Å². The molecule has 0 bridgehead atoms. The fourth-order valence-electron chi connectivity index (χ4n) is 1.33. The van der Waals surface area contributed by atoms with Crippen LogP contribution in [0.2, 0.25) is 0 Å². The lowest BCUT2D eigenvalue weighted by Crippen LogP contribution is -1.94. The van der Waals surface area contributed by atoms with Crippen LogP contribution in [0, 0.1) is 0 Å². The van der Waals surface area contributed by atoms with Gasteiger partial charge < -0.3 is 14.4 Å². The van der Waals surface area contributed by atoms with Gasteiger partial charge in [-0.2, -0.15) is 0 Å². The highest BCUT2D eigenvalue weighted by Crippen LogP contribution is 2.26. The molecule has 0 aliphatic rings. The third kappa shape index (κ3) is 3.04. The molecular weight excluding hydrogens is 254 g/mol. The number of rotatable bonds is 5. The molecule has 0 unspecified atom stereocenters. The SMILES string of the molecule is COc1cccc(SCc2cc(C(=O)O)no2)c1. The van der Waals surface area contributed by atoms with Crippen molar-refractivity contribution in [3.05, 3.63) is 41.8 Å². The molecule has 0 atom stereocenters. The molecule has 0 saturated heterocycles. The van der Waals surface area contributed by atoms with Gasteiger partial charge in [0.25, 0.3) is 0 Å². The van der Waals surface area contributed by atoms with E-state index >= 15 is 0 Å². The van der Waals surface area contributed by atoms with Crippen molar-refractivity contribution in [3.63, 3.8) is 0 Å². The van der Waals surface area contributed by atoms with E-state index in [1.165, 1.54) is 17.8 Å². The molecule has 1 aromatic heterocycles. The summed E-state index contributed by atoms with van der Waals surface area (Å²) >= 11 is 1.52. The molecule has 0 spiro atoms. The first-order valence-electron chi connectivity index (χ1n) is 5.15. The number of nitrogens with zero attached hydrogens (tertiary/aromatic N) is 1. The van der Waals surface area contributed by atoms with Gasteiger partial charge in [0.1, 0.15) is 11.5 Å². The first-order chi connectivity index (χ1) is 8.69. The van der Waals surface area contributed by atoms with Crippen LogP contribution in [0.25, 0.3) is 0 Å². The summed E-state index contributed by atoms with van der Waals surface area (Å²) < 4.78 is 10.0. The van der Waals surface area contributed by atoms with Gasteiger partial charge in [-0.15, -0.1) is 11.8 Å². The molecule has 0 aliphatic carbocycles. The molecule has 18 heavy (non-hydrogen) atoms. The van der Waals surface area contributed by atoms with Crippen molar-refractivity contribution < 1.29 is 19.2 Å². The Morgan fingerprint density at radius 2 is 2.33 bits per heavy atom. The average molecular weight is 265 g/mol. The van der Waals surface area contributed by atoms with E-state index in [2.05, 4.69) is 5.16 Å². The van der Waals surface area contributed by atoms with Crippen molar-refractivity contribution in [1.82, 2.24) is 5.16 Å². The number of aromatic nitrogens is 1. The van der Waals surface area contributed by atoms with Crippen LogP contribution in [0.15, 0.2) is 39.8 Å². The summed E-state index contributed by atoms with van der Waals surface area (Å²) in [7, 11) is 1.61. The van der Waals surface area contributed by atoms with Crippen LogP contribution in [0.3, 0.4) is 0 Å². The van der Waals surface area contributed by atoms with Gasteiger partial charge in [-0.3, -0.25) is 0 Å². The van der Waals surface area contributed by atoms with Gasteiger partial charge >= 0.3 is 5.97 Å². The molecular formula is C12H11NO4S. The molecule has 1 aromatic carbocycles. The topological polar surface area (TPSA) is 72.6 Å². The molecule has 2 aromatic rings. The zero-order chi connectivity index (χ0) is 13.0. The highest BCUT2D eigenvalue weighted by Gasteiger charge is 2.10. The maximum atomic E-state index is 10.6. The minimum Gasteiger partial charge on any atom is -0.497 e. The first kappa shape index (κ1) is 12.5. The van der Waals surface area contributed by atoms with Gasteiger partial charge in [-0.25, -0.2) is 4.79 Å². The molecule has 0 saturated carbocycles. The molecule has 0 radical (unpaired) electrons. The summed E-state index contributed by atoms with van der Waals surface area (Å²) in [5.74, 6) is 0.744. The van der Waals surface area contributed by atoms with E-state index in [0.717, 1.165) is 10.6 Å². The van der Waals surface area contributed by atoms with E-state index < -0.39 is 5.97 Å². The van der Waals surface area contributed by atoms with Crippen LogP contribution in [0.5, 0.6) is 5.75 Å². The number of carbonyl (C=O) groups is 1. The second kappa shape index (κ2) is 5.59. The monoisotopic (exact) mass is 265 g/mol. The summed E-state index contributed by atoms with van der Waals surface area (Å²) in [6.07, 6.45) is 0. The van der Waals surface area contributed by atoms with E-state index in [4.69, 9.17) is 14.4 Å². The van der Waals surface area contributed by atoms with Gasteiger partial charge in [-0.1, -0.05) is 11.2 Å². The molecule has 2 rings (SSSR count). The lowest BCUT2D eigenvalue weighted by molar-refractivity contribution is 0.0685. The van der Waals surface area contributed by atoms with Crippen molar-refractivity contribution in [3.8, 4) is 5.75 Å². The number of methoxy groups -OCH3 is 1. The summed E-state index contributed by atoms with van der Waals surface area (Å²) in [6.45, 7) is 0. The summed E-state index contributed by atoms with van der Waals surface area (Å²) in [5.41, 5.74) is -0.0729. The second-order valence-corrected chi connectivity index (χ2v) is 4.50. The van der Waals surface area contributed by atoms with Crippen molar-refractivity contribution >= 4 is 17.7 Å². The fourth-order valence-corrected chi connectivity index (χ4v) is 2.15. The minimum absolute atomic E-state index is 0.0729. The predicted octanol–water partition coefficient (Wildman–Crippen LogP) is 2.67. The number of carboxylic acids is 1. The molecule has 1 N–H and O–H groups in total. The van der Waals surface area contributed by atoms with Gasteiger partial charge in [0, 0.05) is 11.0 Å². The quantitative estimate of drug-likeness (QED) is 0.838. The van der Waals surface area contributed by atoms with E-state index in [1.54, 1.807) is 7.11 Å². The number of carboxylic acid groups (broad SMARTS) is 1. The van der Waals surface area contributed by atoms with Crippen molar-refractivity contribution in [2.24, 2.45) is 0 Å². The van der Waals surface area contributed by atoms with Crippen LogP contribution in [-0.4, -0.2) is 23.3 Å². The van der Waals surface area contributed by atoms with Crippen molar-refractivity contribution in [2.45, 2.75) is 10.6 Å². The molecule has 1 heterocycles. The lowest BCUT2D eigenvalue weighted by atomic mass is 10.3. The normalized spacial score (nSPS) is 10.3. The van der Waals surface area contributed by atoms with Crippen LogP contribution in [0.4, 0.5) is 0 Å². The number of thioether (sulfide) groups is 1. The van der Waals surface area contributed by atoms with Crippen LogP contribution in [0.1, 0.15) is 16.2 Å². The van der Waals surface area contributed by atoms with Crippen molar-refractivity contribution in [1.29, 1.82) is 0 Å². The Morgan fingerprint density at radius 1 is 1.50 bits per heavy atom. The Bertz CT molecular complexity index is 553. The Morgan fingerprint density at radius 3 is 3.00 bits per heavy atom. The number of ether oxygens (including phenoxy) is 1. The third-order valence-corrected chi connectivity index (χ3v) is 3.22. The molecule has 0 fully saturated rings. The third-order valence-electron chi connectivity index (χ3n) is 2.20. The Kier molecular flexibility index (Phi) is 3.88. The summed E-state index contributed by atoms with van der Waals surface area (Å²) in [6, 6.07) is 9.03. The maximum absolute atomic E-state index is 10.6. The number of benzene rings is 1. The van der Waals surface area contributed by atoms with Gasteiger partial charge in [0.05, 0.1) is 12.9 Å². The molecule has 94 valence electrons. The minimum atomic E-state index is -1.09. The summed E-state index contributed by atoms with van der Waals surface area (Å²) in [5, 5.41) is 12.2. The number of aromatic carboxylic acids is 1. The Balaban J connectivity index is 1.99. The first-order valence-corrected chi connectivity index (χ1v) is 6.13. The Labute approximate surface area is 108 Å². The summed E-state index contributed by atoms with van der Waals surface area (Å²) in [4.78, 5) is 11.6. The van der Waals surface area contributed by atoms with Gasteiger partial charge in [0.2, 0.25) is 0 Å². The smallest absolute Gasteiger partial charge is 0.358 e. The average Bonchev–Trinajstić information content (AvgIpc) is 2.85. The van der Waals surface area contributed by atoms with Crippen LogP contribution in [-0.2, 0) is 5.75 Å². The zero-order valence-corrected chi connectivity index (χ0v) is 10.4. The molecule has 5 nitrogen and oxygen atoms in total. The standard InChI is InChI=1S/C12H11NO4S/c1-16-8-3-2-4-10(5-8)18-7-9-6-11(12(14)15)13-17-9/h2-6H,7H2,1H3,(H,14,15). The van der Waals surface area contributed by atoms with E-state index in [9.17, 15) is 4.79 Å². The van der Waals surface area contributed by atoms with Crippen molar-refractivity contribution in [2.75, 3.05) is 7.11 Å². The van der Waals surface area contributed by atoms with Gasteiger partial charge in [0.15, 0.2) is 5.69 Å². The number of hydrogen-bond donors (Lipinski definition) is 1. The fraction of sp³-hybridized carbons (Fsp3) is 0.167. The van der Waals surface area contributed by atoms with E-state index in [-0.39, 0.29) is 5.69 Å². The zero-order valence-electron chi connectivity index (χ0n) is 9.62. The number of hydrogen-bond acceptors (Lipinski definition) is 5. The highest BCUT2D eigenvalue weighted by molar-refractivity contribution is 7.98. The van der Waals surface area contributed by atoms with Crippen LogP contribution < -0.4 is 4.74 Å². The second-order valence-electron chi connectivity index (χ2n) is 3.45. The highest BCUT2D eigenvalue weighted by atomic mass is 32.2. The molecule has 6 heteroatoms. The maximum Gasteiger partial charge on any atom is 0.358 e. The van der Waals surface area contributed by atoms with Crippen LogP contribution >= 0.6 is 11.8 Å². The molecule has 0 amide bonds. The largest absolute Gasteiger partial charge is 0.497 e. The van der Waals surface area contributed by atoms with Gasteiger partial charge in [-0.05, 0) is 18.2 Å². The lowest BCUT2D eigenvalue weighted by Gasteiger charge is -2.02. The Hall–Kier alpha value is -1.95. The van der Waals surface area contributed by atoms with E-state index in [1.807, 2.05) is 24.3 Å².